The molecule has 8 heteroatoms. The Morgan fingerprint density at radius 3 is 2.83 bits per heavy atom. The molecule has 1 aliphatic heterocycles. The normalized spacial score (nSPS) is 20.3. The van der Waals surface area contributed by atoms with Crippen molar-refractivity contribution in [3.05, 3.63) is 47.1 Å². The highest BCUT2D eigenvalue weighted by atomic mass is 35.5. The van der Waals surface area contributed by atoms with Crippen LogP contribution in [0.3, 0.4) is 0 Å². The zero-order chi connectivity index (χ0) is 17.1. The predicted octanol–water partition coefficient (Wildman–Crippen LogP) is 1.98. The summed E-state index contributed by atoms with van der Waals surface area (Å²) in [6.07, 6.45) is 2.22. The van der Waals surface area contributed by atoms with Crippen molar-refractivity contribution in [3.63, 3.8) is 0 Å². The molecule has 24 heavy (non-hydrogen) atoms. The molecule has 3 rings (SSSR count). The van der Waals surface area contributed by atoms with Crippen LogP contribution in [0.1, 0.15) is 23.8 Å². The molecule has 0 aromatic carbocycles. The summed E-state index contributed by atoms with van der Waals surface area (Å²) in [7, 11) is 0. The Bertz CT molecular complexity index is 734. The van der Waals surface area contributed by atoms with Crippen LogP contribution in [0, 0.1) is 5.92 Å². The van der Waals surface area contributed by atoms with Gasteiger partial charge in [-0.25, -0.2) is 0 Å². The van der Waals surface area contributed by atoms with Crippen LogP contribution in [0.4, 0.5) is 0 Å². The number of hydrogen-bond acceptors (Lipinski definition) is 5. The molecule has 0 spiro atoms. The molecule has 1 fully saturated rings. The molecule has 7 nitrogen and oxygen atoms in total. The number of carboxylic acids is 1. The maximum absolute atomic E-state index is 12.4. The standard InChI is InChI=1S/C16H16ClN3O4/c17-14-7-10(24-19-14)4-5-15(21)20-8-11(12(9-20)16(22)23)13-3-1-2-6-18-13/h1-3,6-7,11-12H,4-5,8-9H2,(H,22,23)/t11-,12-/m1/s1. The first-order valence-electron chi connectivity index (χ1n) is 7.57. The summed E-state index contributed by atoms with van der Waals surface area (Å²) >= 11 is 5.67. The molecular formula is C16H16ClN3O4. The number of aliphatic carboxylic acids is 1. The summed E-state index contributed by atoms with van der Waals surface area (Å²) in [5.74, 6) is -1.45. The van der Waals surface area contributed by atoms with Gasteiger partial charge in [-0.15, -0.1) is 0 Å². The summed E-state index contributed by atoms with van der Waals surface area (Å²) in [5.41, 5.74) is 0.696. The second-order valence-corrected chi connectivity index (χ2v) is 6.11. The van der Waals surface area contributed by atoms with Gasteiger partial charge in [0.15, 0.2) is 5.15 Å². The monoisotopic (exact) mass is 349 g/mol. The van der Waals surface area contributed by atoms with Crippen LogP contribution in [0.15, 0.2) is 35.0 Å². The van der Waals surface area contributed by atoms with E-state index in [4.69, 9.17) is 16.1 Å². The van der Waals surface area contributed by atoms with Crippen molar-refractivity contribution in [3.8, 4) is 0 Å². The van der Waals surface area contributed by atoms with Gasteiger partial charge in [-0.05, 0) is 12.1 Å². The number of amides is 1. The van der Waals surface area contributed by atoms with Gasteiger partial charge in [0.2, 0.25) is 5.91 Å². The number of aryl methyl sites for hydroxylation is 1. The van der Waals surface area contributed by atoms with Crippen LogP contribution in [-0.4, -0.2) is 45.1 Å². The van der Waals surface area contributed by atoms with Crippen LogP contribution in [-0.2, 0) is 16.0 Å². The van der Waals surface area contributed by atoms with Gasteiger partial charge in [0, 0.05) is 49.8 Å². The van der Waals surface area contributed by atoms with Gasteiger partial charge >= 0.3 is 5.97 Å². The molecule has 0 aliphatic carbocycles. The van der Waals surface area contributed by atoms with Crippen molar-refractivity contribution in [1.29, 1.82) is 0 Å². The van der Waals surface area contributed by atoms with Crippen LogP contribution >= 0.6 is 11.6 Å². The van der Waals surface area contributed by atoms with Crippen molar-refractivity contribution in [2.75, 3.05) is 13.1 Å². The van der Waals surface area contributed by atoms with E-state index in [-0.39, 0.29) is 29.9 Å². The summed E-state index contributed by atoms with van der Waals surface area (Å²) in [6.45, 7) is 0.538. The molecule has 1 amide bonds. The second kappa shape index (κ2) is 7.00. The van der Waals surface area contributed by atoms with E-state index in [0.717, 1.165) is 0 Å². The van der Waals surface area contributed by atoms with Gasteiger partial charge in [0.05, 0.1) is 5.92 Å². The fourth-order valence-corrected chi connectivity index (χ4v) is 3.10. The molecule has 2 aromatic heterocycles. The quantitative estimate of drug-likeness (QED) is 0.886. The number of carbonyl (C=O) groups excluding carboxylic acids is 1. The first-order chi connectivity index (χ1) is 11.5. The molecular weight excluding hydrogens is 334 g/mol. The third-order valence-electron chi connectivity index (χ3n) is 4.17. The fourth-order valence-electron chi connectivity index (χ4n) is 2.95. The molecule has 1 saturated heterocycles. The first-order valence-corrected chi connectivity index (χ1v) is 7.95. The number of nitrogens with zero attached hydrogens (tertiary/aromatic N) is 3. The minimum Gasteiger partial charge on any atom is -0.481 e. The van der Waals surface area contributed by atoms with Crippen LogP contribution in [0.25, 0.3) is 0 Å². The minimum absolute atomic E-state index is 0.118. The summed E-state index contributed by atoms with van der Waals surface area (Å²) in [6, 6.07) is 6.96. The molecule has 0 radical (unpaired) electrons. The molecule has 126 valence electrons. The van der Waals surface area contributed by atoms with E-state index in [1.54, 1.807) is 29.3 Å². The first kappa shape index (κ1) is 16.4. The zero-order valence-corrected chi connectivity index (χ0v) is 13.5. The van der Waals surface area contributed by atoms with E-state index in [1.165, 1.54) is 0 Å². The number of aromatic nitrogens is 2. The summed E-state index contributed by atoms with van der Waals surface area (Å²) in [4.78, 5) is 29.7. The predicted molar refractivity (Wildman–Crippen MR) is 84.5 cm³/mol. The SMILES string of the molecule is O=C(O)[C@@H]1CN(C(=O)CCc2cc(Cl)no2)C[C@H]1c1ccccn1. The van der Waals surface area contributed by atoms with Crippen LogP contribution in [0.2, 0.25) is 5.15 Å². The Balaban J connectivity index is 1.66. The highest BCUT2D eigenvalue weighted by Crippen LogP contribution is 2.32. The summed E-state index contributed by atoms with van der Waals surface area (Å²) < 4.78 is 4.97. The van der Waals surface area contributed by atoms with E-state index in [9.17, 15) is 14.7 Å². The summed E-state index contributed by atoms with van der Waals surface area (Å²) in [5, 5.41) is 13.3. The molecule has 0 bridgehead atoms. The topological polar surface area (TPSA) is 96.5 Å². The van der Waals surface area contributed by atoms with Gasteiger partial charge in [-0.1, -0.05) is 22.8 Å². The van der Waals surface area contributed by atoms with E-state index in [0.29, 0.717) is 24.4 Å². The lowest BCUT2D eigenvalue weighted by molar-refractivity contribution is -0.141. The third-order valence-corrected chi connectivity index (χ3v) is 4.35. The third kappa shape index (κ3) is 3.56. The van der Waals surface area contributed by atoms with Crippen molar-refractivity contribution in [1.82, 2.24) is 15.0 Å². The average Bonchev–Trinajstić information content (AvgIpc) is 3.20. The second-order valence-electron chi connectivity index (χ2n) is 5.72. The highest BCUT2D eigenvalue weighted by molar-refractivity contribution is 6.29. The average molecular weight is 350 g/mol. The van der Waals surface area contributed by atoms with Crippen molar-refractivity contribution >= 4 is 23.5 Å². The highest BCUT2D eigenvalue weighted by Gasteiger charge is 2.40. The number of likely N-dealkylation sites (tertiary alicyclic amines) is 1. The Kier molecular flexibility index (Phi) is 4.80. The van der Waals surface area contributed by atoms with Gasteiger partial charge < -0.3 is 14.5 Å². The Morgan fingerprint density at radius 2 is 2.21 bits per heavy atom. The Labute approximate surface area is 143 Å². The van der Waals surface area contributed by atoms with E-state index in [2.05, 4.69) is 10.1 Å². The van der Waals surface area contributed by atoms with E-state index in [1.807, 2.05) is 6.07 Å². The molecule has 1 aliphatic rings. The number of hydrogen-bond donors (Lipinski definition) is 1. The van der Waals surface area contributed by atoms with Crippen LogP contribution in [0.5, 0.6) is 0 Å². The fraction of sp³-hybridized carbons (Fsp3) is 0.375. The molecule has 0 unspecified atom stereocenters. The van der Waals surface area contributed by atoms with Gasteiger partial charge in [0.25, 0.3) is 0 Å². The van der Waals surface area contributed by atoms with Gasteiger partial charge in [-0.2, -0.15) is 0 Å². The zero-order valence-electron chi connectivity index (χ0n) is 12.8. The van der Waals surface area contributed by atoms with Crippen molar-refractivity contribution in [2.45, 2.75) is 18.8 Å². The molecule has 1 N–H and O–H groups in total. The lowest BCUT2D eigenvalue weighted by Gasteiger charge is -2.15. The molecule has 3 heterocycles. The number of rotatable bonds is 5. The number of carbonyl (C=O) groups is 2. The maximum Gasteiger partial charge on any atom is 0.309 e. The lowest BCUT2D eigenvalue weighted by Crippen LogP contribution is -2.30. The van der Waals surface area contributed by atoms with Crippen molar-refractivity contribution in [2.24, 2.45) is 5.92 Å². The van der Waals surface area contributed by atoms with Gasteiger partial charge in [0.1, 0.15) is 5.76 Å². The largest absolute Gasteiger partial charge is 0.481 e. The van der Waals surface area contributed by atoms with Crippen LogP contribution < -0.4 is 0 Å². The van der Waals surface area contributed by atoms with Gasteiger partial charge in [-0.3, -0.25) is 14.6 Å². The number of halogens is 1. The minimum atomic E-state index is -0.914. The lowest BCUT2D eigenvalue weighted by atomic mass is 9.93. The number of pyridine rings is 1. The number of carboxylic acid groups (broad SMARTS) is 1. The maximum atomic E-state index is 12.4. The van der Waals surface area contributed by atoms with Crippen molar-refractivity contribution < 1.29 is 19.2 Å². The Hall–Kier alpha value is -2.41. The smallest absolute Gasteiger partial charge is 0.309 e. The molecule has 0 saturated carbocycles. The molecule has 2 atom stereocenters. The van der Waals surface area contributed by atoms with E-state index < -0.39 is 11.9 Å². The molecule has 2 aromatic rings. The Morgan fingerprint density at radius 1 is 1.38 bits per heavy atom. The van der Waals surface area contributed by atoms with E-state index >= 15 is 0 Å².